The second kappa shape index (κ2) is 9.91. The fourth-order valence-electron chi connectivity index (χ4n) is 5.52. The molecule has 2 aromatic carbocycles. The number of nitrogens with zero attached hydrogens (tertiary/aromatic N) is 1. The van der Waals surface area contributed by atoms with Gasteiger partial charge in [-0.25, -0.2) is 9.18 Å². The summed E-state index contributed by atoms with van der Waals surface area (Å²) in [5, 5.41) is 10.8. The molecular weight excluding hydrogens is 488 g/mol. The molecule has 2 aromatic rings. The Bertz CT molecular complexity index is 1090. The van der Waals surface area contributed by atoms with Crippen LogP contribution >= 0.6 is 23.2 Å². The number of carbonyl (C=O) groups is 1. The molecular formula is C28H34Cl2FNO3. The van der Waals surface area contributed by atoms with Gasteiger partial charge in [0.25, 0.3) is 0 Å². The summed E-state index contributed by atoms with van der Waals surface area (Å²) in [5.74, 6) is -1.25. The van der Waals surface area contributed by atoms with Gasteiger partial charge in [0.15, 0.2) is 0 Å². The van der Waals surface area contributed by atoms with Crippen LogP contribution in [0, 0.1) is 17.2 Å². The van der Waals surface area contributed by atoms with E-state index in [4.69, 9.17) is 27.9 Å². The summed E-state index contributed by atoms with van der Waals surface area (Å²) in [6, 6.07) is 8.83. The van der Waals surface area contributed by atoms with E-state index < -0.39 is 11.8 Å². The van der Waals surface area contributed by atoms with Crippen LogP contribution in [0.15, 0.2) is 30.3 Å². The second-order valence-corrected chi connectivity index (χ2v) is 12.1. The lowest BCUT2D eigenvalue weighted by molar-refractivity contribution is 0.0691. The maximum Gasteiger partial charge on any atom is 0.338 e. The molecule has 2 fully saturated rings. The van der Waals surface area contributed by atoms with Gasteiger partial charge in [0.1, 0.15) is 11.6 Å². The van der Waals surface area contributed by atoms with E-state index in [0.717, 1.165) is 49.9 Å². The molecule has 2 atom stereocenters. The molecule has 190 valence electrons. The highest BCUT2D eigenvalue weighted by Crippen LogP contribution is 2.61. The first-order valence-electron chi connectivity index (χ1n) is 12.3. The zero-order valence-corrected chi connectivity index (χ0v) is 22.3. The van der Waals surface area contributed by atoms with Crippen molar-refractivity contribution in [3.63, 3.8) is 0 Å². The third-order valence-electron chi connectivity index (χ3n) is 7.89. The van der Waals surface area contributed by atoms with Gasteiger partial charge >= 0.3 is 5.97 Å². The van der Waals surface area contributed by atoms with E-state index in [2.05, 4.69) is 32.6 Å². The number of likely N-dealkylation sites (tertiary alicyclic amines) is 1. The SMILES string of the molecule is C[C@@H]1CC[C@@H](COc2cc(F)c(C(=O)O)cc2C2(C(C)(C)C)CC2)CN1Cc1cc(Cl)cc(Cl)c1. The molecule has 1 aliphatic heterocycles. The Morgan fingerprint density at radius 2 is 1.80 bits per heavy atom. The van der Waals surface area contributed by atoms with Gasteiger partial charge < -0.3 is 9.84 Å². The second-order valence-electron chi connectivity index (χ2n) is 11.3. The van der Waals surface area contributed by atoms with E-state index in [1.807, 2.05) is 12.1 Å². The molecule has 0 unspecified atom stereocenters. The molecule has 1 aliphatic carbocycles. The number of hydrogen-bond acceptors (Lipinski definition) is 3. The maximum absolute atomic E-state index is 14.7. The van der Waals surface area contributed by atoms with Gasteiger partial charge in [-0.05, 0) is 67.9 Å². The predicted octanol–water partition coefficient (Wildman–Crippen LogP) is 7.59. The van der Waals surface area contributed by atoms with Gasteiger partial charge in [0, 0.05) is 52.1 Å². The van der Waals surface area contributed by atoms with Crippen LogP contribution in [0.5, 0.6) is 5.75 Å². The van der Waals surface area contributed by atoms with Crippen molar-refractivity contribution in [1.29, 1.82) is 0 Å². The summed E-state index contributed by atoms with van der Waals surface area (Å²) in [7, 11) is 0. The van der Waals surface area contributed by atoms with Gasteiger partial charge in [-0.2, -0.15) is 0 Å². The lowest BCUT2D eigenvalue weighted by Gasteiger charge is -2.38. The summed E-state index contributed by atoms with van der Waals surface area (Å²) in [6.45, 7) is 10.7. The van der Waals surface area contributed by atoms with Crippen molar-refractivity contribution in [2.45, 2.75) is 71.4 Å². The van der Waals surface area contributed by atoms with Crippen molar-refractivity contribution >= 4 is 29.2 Å². The van der Waals surface area contributed by atoms with Gasteiger partial charge in [0.2, 0.25) is 0 Å². The minimum atomic E-state index is -1.25. The molecule has 7 heteroatoms. The molecule has 0 bridgehead atoms. The first-order valence-corrected chi connectivity index (χ1v) is 13.0. The molecule has 1 heterocycles. The predicted molar refractivity (Wildman–Crippen MR) is 138 cm³/mol. The Hall–Kier alpha value is -1.82. The van der Waals surface area contributed by atoms with Crippen molar-refractivity contribution in [2.24, 2.45) is 11.3 Å². The van der Waals surface area contributed by atoms with E-state index in [-0.39, 0.29) is 22.3 Å². The quantitative estimate of drug-likeness (QED) is 0.407. The molecule has 2 aliphatic rings. The van der Waals surface area contributed by atoms with Crippen LogP contribution in [-0.4, -0.2) is 35.2 Å². The zero-order valence-electron chi connectivity index (χ0n) is 20.8. The highest BCUT2D eigenvalue weighted by molar-refractivity contribution is 6.34. The first-order chi connectivity index (χ1) is 16.4. The Morgan fingerprint density at radius 3 is 2.37 bits per heavy atom. The number of aromatic carboxylic acids is 1. The number of halogens is 3. The first kappa shape index (κ1) is 26.2. The number of benzene rings is 2. The Balaban J connectivity index is 1.52. The highest BCUT2D eigenvalue weighted by atomic mass is 35.5. The fourth-order valence-corrected chi connectivity index (χ4v) is 6.10. The van der Waals surface area contributed by atoms with E-state index in [1.54, 1.807) is 6.07 Å². The number of hydrogen-bond donors (Lipinski definition) is 1. The van der Waals surface area contributed by atoms with Gasteiger partial charge in [-0.15, -0.1) is 0 Å². The molecule has 4 nitrogen and oxygen atoms in total. The lowest BCUT2D eigenvalue weighted by Crippen LogP contribution is -2.42. The van der Waals surface area contributed by atoms with Crippen LogP contribution in [0.4, 0.5) is 4.39 Å². The molecule has 1 saturated carbocycles. The van der Waals surface area contributed by atoms with E-state index in [0.29, 0.717) is 28.4 Å². The third kappa shape index (κ3) is 5.63. The fraction of sp³-hybridized carbons (Fsp3) is 0.536. The zero-order chi connectivity index (χ0) is 25.5. The van der Waals surface area contributed by atoms with E-state index >= 15 is 0 Å². The molecule has 4 rings (SSSR count). The lowest BCUT2D eigenvalue weighted by atomic mass is 9.72. The molecule has 0 amide bonds. The molecule has 1 saturated heterocycles. The Kier molecular flexibility index (Phi) is 7.43. The molecule has 0 spiro atoms. The van der Waals surface area contributed by atoms with Gasteiger partial charge in [-0.3, -0.25) is 4.90 Å². The summed E-state index contributed by atoms with van der Waals surface area (Å²) in [5.41, 5.74) is 1.32. The summed E-state index contributed by atoms with van der Waals surface area (Å²) in [6.07, 6.45) is 3.93. The number of carboxylic acids is 1. The monoisotopic (exact) mass is 521 g/mol. The van der Waals surface area contributed by atoms with Crippen molar-refractivity contribution in [3.05, 3.63) is 62.9 Å². The minimum absolute atomic E-state index is 0.0893. The largest absolute Gasteiger partial charge is 0.493 e. The number of rotatable bonds is 7. The average molecular weight is 522 g/mol. The standard InChI is InChI=1S/C28H34Cl2FNO3/c1-17-5-6-18(14-32(17)15-19-9-20(29)11-21(30)10-19)16-35-25-13-24(31)22(26(33)34)12-23(25)28(7-8-28)27(2,3)4/h9-13,17-18H,5-8,14-16H2,1-4H3,(H,33,34)/t17-,18-/m1/s1. The third-order valence-corrected chi connectivity index (χ3v) is 8.33. The molecule has 0 radical (unpaired) electrons. The average Bonchev–Trinajstić information content (AvgIpc) is 3.55. The molecule has 1 N–H and O–H groups in total. The van der Waals surface area contributed by atoms with Crippen LogP contribution in [0.25, 0.3) is 0 Å². The van der Waals surface area contributed by atoms with Crippen LogP contribution in [-0.2, 0) is 12.0 Å². The van der Waals surface area contributed by atoms with Crippen LogP contribution in [0.1, 0.15) is 74.9 Å². The van der Waals surface area contributed by atoms with Crippen molar-refractivity contribution in [3.8, 4) is 5.75 Å². The van der Waals surface area contributed by atoms with Crippen molar-refractivity contribution in [2.75, 3.05) is 13.2 Å². The topological polar surface area (TPSA) is 49.8 Å². The highest BCUT2D eigenvalue weighted by Gasteiger charge is 2.54. The maximum atomic E-state index is 14.7. The molecule has 35 heavy (non-hydrogen) atoms. The van der Waals surface area contributed by atoms with Crippen molar-refractivity contribution < 1.29 is 19.0 Å². The minimum Gasteiger partial charge on any atom is -0.493 e. The number of piperidine rings is 1. The van der Waals surface area contributed by atoms with Gasteiger partial charge in [-0.1, -0.05) is 44.0 Å². The van der Waals surface area contributed by atoms with Gasteiger partial charge in [0.05, 0.1) is 12.2 Å². The normalized spacial score (nSPS) is 22.1. The van der Waals surface area contributed by atoms with Crippen LogP contribution in [0.2, 0.25) is 10.0 Å². The summed E-state index contributed by atoms with van der Waals surface area (Å²) in [4.78, 5) is 14.1. The van der Waals surface area contributed by atoms with E-state index in [9.17, 15) is 14.3 Å². The van der Waals surface area contributed by atoms with E-state index in [1.165, 1.54) is 12.1 Å². The molecule has 0 aromatic heterocycles. The number of carboxylic acid groups (broad SMARTS) is 1. The Morgan fingerprint density at radius 1 is 1.14 bits per heavy atom. The summed E-state index contributed by atoms with van der Waals surface area (Å²) >= 11 is 12.4. The van der Waals surface area contributed by atoms with Crippen LogP contribution < -0.4 is 4.74 Å². The van der Waals surface area contributed by atoms with Crippen LogP contribution in [0.3, 0.4) is 0 Å². The van der Waals surface area contributed by atoms with Crippen molar-refractivity contribution in [1.82, 2.24) is 4.90 Å². The Labute approximate surface area is 217 Å². The smallest absolute Gasteiger partial charge is 0.338 e. The number of ether oxygens (including phenoxy) is 1. The summed E-state index contributed by atoms with van der Waals surface area (Å²) < 4.78 is 21.0.